The molecule has 0 unspecified atom stereocenters. The summed E-state index contributed by atoms with van der Waals surface area (Å²) in [5, 5.41) is 9.11. The van der Waals surface area contributed by atoms with E-state index in [1.54, 1.807) is 0 Å². The summed E-state index contributed by atoms with van der Waals surface area (Å²) in [6.45, 7) is 0.573. The maximum atomic E-state index is 5.96. The Morgan fingerprint density at radius 3 is 2.83 bits per heavy atom. The minimum absolute atomic E-state index is 0.255. The van der Waals surface area contributed by atoms with E-state index in [0.717, 1.165) is 10.9 Å². The molecule has 3 heterocycles. The van der Waals surface area contributed by atoms with Gasteiger partial charge < -0.3 is 15.2 Å². The highest BCUT2D eigenvalue weighted by atomic mass is 16.5. The van der Waals surface area contributed by atoms with Crippen molar-refractivity contribution >= 4 is 22.5 Å². The summed E-state index contributed by atoms with van der Waals surface area (Å²) in [6, 6.07) is 7.60. The van der Waals surface area contributed by atoms with E-state index >= 15 is 0 Å². The Morgan fingerprint density at radius 1 is 1.17 bits per heavy atom. The van der Waals surface area contributed by atoms with Crippen molar-refractivity contribution in [2.75, 3.05) is 19.8 Å². The molecule has 0 aliphatic heterocycles. The second kappa shape index (κ2) is 4.99. The SMILES string of the molecule is CN(C)Cc1noc(-c2nc3c4ccccc4nc(N)n3n2)n1. The number of aromatic nitrogens is 6. The van der Waals surface area contributed by atoms with E-state index in [2.05, 4.69) is 25.2 Å². The first-order valence-corrected chi connectivity index (χ1v) is 7.00. The zero-order valence-electron chi connectivity index (χ0n) is 12.6. The number of nitrogen functional groups attached to an aromatic ring is 1. The van der Waals surface area contributed by atoms with E-state index in [1.807, 2.05) is 43.3 Å². The van der Waals surface area contributed by atoms with Crippen molar-refractivity contribution in [1.29, 1.82) is 0 Å². The lowest BCUT2D eigenvalue weighted by Crippen LogP contribution is -2.11. The van der Waals surface area contributed by atoms with Crippen LogP contribution in [0.1, 0.15) is 5.82 Å². The number of benzene rings is 1. The Kier molecular flexibility index (Phi) is 2.95. The third kappa shape index (κ3) is 2.27. The van der Waals surface area contributed by atoms with Crippen LogP contribution in [0.25, 0.3) is 28.3 Å². The van der Waals surface area contributed by atoms with E-state index in [0.29, 0.717) is 23.8 Å². The molecule has 0 saturated carbocycles. The molecule has 9 nitrogen and oxygen atoms in total. The van der Waals surface area contributed by atoms with Gasteiger partial charge in [0.1, 0.15) is 0 Å². The van der Waals surface area contributed by atoms with E-state index in [4.69, 9.17) is 10.3 Å². The third-order valence-corrected chi connectivity index (χ3v) is 3.32. The maximum Gasteiger partial charge on any atom is 0.297 e. The zero-order chi connectivity index (χ0) is 16.0. The van der Waals surface area contributed by atoms with Crippen LogP contribution in [-0.4, -0.2) is 48.7 Å². The monoisotopic (exact) mass is 310 g/mol. The van der Waals surface area contributed by atoms with Crippen molar-refractivity contribution in [3.8, 4) is 11.7 Å². The second-order valence-electron chi connectivity index (χ2n) is 5.41. The van der Waals surface area contributed by atoms with Crippen LogP contribution in [0.4, 0.5) is 5.95 Å². The van der Waals surface area contributed by atoms with Crippen LogP contribution in [0.2, 0.25) is 0 Å². The van der Waals surface area contributed by atoms with Gasteiger partial charge in [-0.05, 0) is 26.2 Å². The molecule has 3 aromatic heterocycles. The van der Waals surface area contributed by atoms with Crippen LogP contribution >= 0.6 is 0 Å². The van der Waals surface area contributed by atoms with Crippen LogP contribution in [0, 0.1) is 0 Å². The molecule has 2 N–H and O–H groups in total. The maximum absolute atomic E-state index is 5.96. The van der Waals surface area contributed by atoms with Gasteiger partial charge >= 0.3 is 0 Å². The van der Waals surface area contributed by atoms with Gasteiger partial charge in [0.15, 0.2) is 11.5 Å². The average Bonchev–Trinajstić information content (AvgIpc) is 3.13. The third-order valence-electron chi connectivity index (χ3n) is 3.32. The molecule has 0 aliphatic rings. The molecule has 1 aromatic carbocycles. The predicted molar refractivity (Wildman–Crippen MR) is 83.4 cm³/mol. The van der Waals surface area contributed by atoms with Crippen LogP contribution in [0.3, 0.4) is 0 Å². The fraction of sp³-hybridized carbons (Fsp3) is 0.214. The summed E-state index contributed by atoms with van der Waals surface area (Å²) < 4.78 is 6.73. The number of anilines is 1. The largest absolute Gasteiger partial charge is 0.368 e. The lowest BCUT2D eigenvalue weighted by Gasteiger charge is -2.02. The Labute approximate surface area is 130 Å². The van der Waals surface area contributed by atoms with Crippen molar-refractivity contribution < 1.29 is 4.52 Å². The van der Waals surface area contributed by atoms with Gasteiger partial charge in [-0.3, -0.25) is 0 Å². The molecule has 0 fully saturated rings. The number of nitrogens with zero attached hydrogens (tertiary/aromatic N) is 7. The van der Waals surface area contributed by atoms with Gasteiger partial charge in [-0.1, -0.05) is 17.3 Å². The minimum Gasteiger partial charge on any atom is -0.368 e. The lowest BCUT2D eigenvalue weighted by atomic mass is 10.2. The first-order chi connectivity index (χ1) is 11.1. The number of para-hydroxylation sites is 1. The number of hydrogen-bond donors (Lipinski definition) is 1. The second-order valence-corrected chi connectivity index (χ2v) is 5.41. The van der Waals surface area contributed by atoms with E-state index < -0.39 is 0 Å². The summed E-state index contributed by atoms with van der Waals surface area (Å²) in [6.07, 6.45) is 0. The van der Waals surface area contributed by atoms with Gasteiger partial charge in [0, 0.05) is 5.39 Å². The molecule has 4 rings (SSSR count). The Bertz CT molecular complexity index is 1000. The zero-order valence-corrected chi connectivity index (χ0v) is 12.6. The highest BCUT2D eigenvalue weighted by Crippen LogP contribution is 2.22. The summed E-state index contributed by atoms with van der Waals surface area (Å²) in [4.78, 5) is 15.1. The summed E-state index contributed by atoms with van der Waals surface area (Å²) in [5.74, 6) is 1.41. The number of rotatable bonds is 3. The Morgan fingerprint density at radius 2 is 2.00 bits per heavy atom. The normalized spacial score (nSPS) is 11.8. The molecule has 0 saturated heterocycles. The first-order valence-electron chi connectivity index (χ1n) is 7.00. The van der Waals surface area contributed by atoms with Crippen molar-refractivity contribution in [2.24, 2.45) is 0 Å². The van der Waals surface area contributed by atoms with Crippen molar-refractivity contribution in [3.63, 3.8) is 0 Å². The molecule has 0 spiro atoms. The topological polar surface area (TPSA) is 111 Å². The summed E-state index contributed by atoms with van der Waals surface area (Å²) in [7, 11) is 3.86. The van der Waals surface area contributed by atoms with Crippen LogP contribution < -0.4 is 5.73 Å². The quantitative estimate of drug-likeness (QED) is 0.596. The highest BCUT2D eigenvalue weighted by Gasteiger charge is 2.17. The smallest absolute Gasteiger partial charge is 0.297 e. The van der Waals surface area contributed by atoms with Crippen LogP contribution in [-0.2, 0) is 6.54 Å². The summed E-state index contributed by atoms with van der Waals surface area (Å²) in [5.41, 5.74) is 7.33. The van der Waals surface area contributed by atoms with E-state index in [-0.39, 0.29) is 11.8 Å². The van der Waals surface area contributed by atoms with Gasteiger partial charge in [0.05, 0.1) is 12.1 Å². The number of hydrogen-bond acceptors (Lipinski definition) is 8. The standard InChI is InChI=1S/C14H14N8O/c1-21(2)7-10-17-13(23-20-10)11-18-12-8-5-3-4-6-9(8)16-14(15)22(12)19-11/h3-6H,7H2,1-2H3,(H2,15,16). The lowest BCUT2D eigenvalue weighted by molar-refractivity contribution is 0.365. The molecule has 0 amide bonds. The Balaban J connectivity index is 1.87. The van der Waals surface area contributed by atoms with Gasteiger partial charge in [-0.25, -0.2) is 9.97 Å². The minimum atomic E-state index is 0.255. The van der Waals surface area contributed by atoms with Gasteiger partial charge in [-0.2, -0.15) is 9.50 Å². The fourth-order valence-corrected chi connectivity index (χ4v) is 2.36. The van der Waals surface area contributed by atoms with E-state index in [9.17, 15) is 0 Å². The van der Waals surface area contributed by atoms with Gasteiger partial charge in [0.25, 0.3) is 5.89 Å². The molecule has 116 valence electrons. The first kappa shape index (κ1) is 13.6. The molecule has 9 heteroatoms. The summed E-state index contributed by atoms with van der Waals surface area (Å²) >= 11 is 0. The predicted octanol–water partition coefficient (Wildman–Crippen LogP) is 0.971. The van der Waals surface area contributed by atoms with Crippen molar-refractivity contribution in [3.05, 3.63) is 30.1 Å². The molecular formula is C14H14N8O. The van der Waals surface area contributed by atoms with Crippen molar-refractivity contribution in [1.82, 2.24) is 34.6 Å². The molecule has 23 heavy (non-hydrogen) atoms. The molecule has 0 aliphatic carbocycles. The van der Waals surface area contributed by atoms with E-state index in [1.165, 1.54) is 4.52 Å². The highest BCUT2D eigenvalue weighted by molar-refractivity contribution is 5.92. The van der Waals surface area contributed by atoms with Gasteiger partial charge in [-0.15, -0.1) is 5.10 Å². The molecular weight excluding hydrogens is 296 g/mol. The molecule has 0 atom stereocenters. The molecule has 0 bridgehead atoms. The number of nitrogens with two attached hydrogens (primary N) is 1. The van der Waals surface area contributed by atoms with Crippen LogP contribution in [0.15, 0.2) is 28.8 Å². The molecule has 0 radical (unpaired) electrons. The van der Waals surface area contributed by atoms with Gasteiger partial charge in [0.2, 0.25) is 11.8 Å². The van der Waals surface area contributed by atoms with Crippen LogP contribution in [0.5, 0.6) is 0 Å². The number of fused-ring (bicyclic) bond motifs is 3. The Hall–Kier alpha value is -3.07. The average molecular weight is 310 g/mol. The molecule has 4 aromatic rings. The van der Waals surface area contributed by atoms with Crippen molar-refractivity contribution in [2.45, 2.75) is 6.54 Å². The fourth-order valence-electron chi connectivity index (χ4n) is 2.36.